The highest BCUT2D eigenvalue weighted by molar-refractivity contribution is 5.37. The van der Waals surface area contributed by atoms with Gasteiger partial charge in [-0.2, -0.15) is 0 Å². The Morgan fingerprint density at radius 2 is 1.68 bits per heavy atom. The molecule has 0 aromatic heterocycles. The summed E-state index contributed by atoms with van der Waals surface area (Å²) in [7, 11) is 1.79. The predicted molar refractivity (Wildman–Crippen MR) is 109 cm³/mol. The van der Waals surface area contributed by atoms with Gasteiger partial charge in [-0.3, -0.25) is 4.90 Å². The molecule has 1 fully saturated rings. The van der Waals surface area contributed by atoms with E-state index in [1.807, 2.05) is 30.3 Å². The fourth-order valence-electron chi connectivity index (χ4n) is 4.26. The van der Waals surface area contributed by atoms with E-state index >= 15 is 0 Å². The molecule has 0 radical (unpaired) electrons. The van der Waals surface area contributed by atoms with Crippen LogP contribution in [0, 0.1) is 5.92 Å². The van der Waals surface area contributed by atoms with Crippen LogP contribution in [0.3, 0.4) is 0 Å². The average molecular weight is 383 g/mol. The summed E-state index contributed by atoms with van der Waals surface area (Å²) >= 11 is 0. The van der Waals surface area contributed by atoms with Crippen LogP contribution < -0.4 is 4.74 Å². The fraction of sp³-hybridized carbons (Fsp3) is 0.478. The van der Waals surface area contributed by atoms with E-state index in [0.29, 0.717) is 6.61 Å². The molecule has 0 spiro atoms. The predicted octanol–water partition coefficient (Wildman–Crippen LogP) is 2.73. The van der Waals surface area contributed by atoms with E-state index in [9.17, 15) is 5.11 Å². The number of aliphatic hydroxyl groups excluding tert-OH is 1. The molecule has 150 valence electrons. The molecular weight excluding hydrogens is 352 g/mol. The van der Waals surface area contributed by atoms with Gasteiger partial charge in [0.25, 0.3) is 0 Å². The van der Waals surface area contributed by atoms with Gasteiger partial charge in [-0.25, -0.2) is 0 Å². The number of para-hydroxylation sites is 1. The first-order valence-electron chi connectivity index (χ1n) is 10.2. The van der Waals surface area contributed by atoms with Crippen molar-refractivity contribution in [2.24, 2.45) is 5.92 Å². The minimum Gasteiger partial charge on any atom is -0.493 e. The number of ether oxygens (including phenoxy) is 2. The van der Waals surface area contributed by atoms with Gasteiger partial charge in [0.15, 0.2) is 0 Å². The lowest BCUT2D eigenvalue weighted by molar-refractivity contribution is 0.00758. The molecule has 0 aliphatic carbocycles. The number of methoxy groups -OCH3 is 1. The molecule has 3 atom stereocenters. The van der Waals surface area contributed by atoms with Gasteiger partial charge < -0.3 is 19.5 Å². The number of piperazine rings is 1. The SMILES string of the molecule is COC(CN1CCN(CC2COc3ccccc3C2O)CC1)c1ccccc1. The molecule has 2 aliphatic rings. The van der Waals surface area contributed by atoms with E-state index in [0.717, 1.165) is 50.6 Å². The molecule has 1 saturated heterocycles. The molecule has 2 aliphatic heterocycles. The van der Waals surface area contributed by atoms with E-state index in [1.165, 1.54) is 5.56 Å². The smallest absolute Gasteiger partial charge is 0.125 e. The van der Waals surface area contributed by atoms with Crippen molar-refractivity contribution in [2.75, 3.05) is 53.0 Å². The Labute approximate surface area is 167 Å². The van der Waals surface area contributed by atoms with Gasteiger partial charge in [-0.15, -0.1) is 0 Å². The van der Waals surface area contributed by atoms with E-state index in [-0.39, 0.29) is 12.0 Å². The maximum atomic E-state index is 10.7. The largest absolute Gasteiger partial charge is 0.493 e. The minimum atomic E-state index is -0.445. The second-order valence-electron chi connectivity index (χ2n) is 7.79. The monoisotopic (exact) mass is 382 g/mol. The number of aliphatic hydroxyl groups is 1. The van der Waals surface area contributed by atoms with E-state index in [1.54, 1.807) is 7.11 Å². The van der Waals surface area contributed by atoms with Crippen molar-refractivity contribution in [3.63, 3.8) is 0 Å². The topological polar surface area (TPSA) is 45.2 Å². The third kappa shape index (κ3) is 4.39. The van der Waals surface area contributed by atoms with Gasteiger partial charge in [0, 0.05) is 57.9 Å². The number of hydrogen-bond acceptors (Lipinski definition) is 5. The molecular formula is C23H30N2O3. The summed E-state index contributed by atoms with van der Waals surface area (Å²) in [6.45, 7) is 6.43. The Hall–Kier alpha value is -1.92. The van der Waals surface area contributed by atoms with E-state index < -0.39 is 6.10 Å². The molecule has 2 aromatic rings. The van der Waals surface area contributed by atoms with Crippen LogP contribution in [-0.2, 0) is 4.74 Å². The first kappa shape index (κ1) is 19.4. The number of nitrogens with zero attached hydrogens (tertiary/aromatic N) is 2. The molecule has 5 heteroatoms. The van der Waals surface area contributed by atoms with Gasteiger partial charge in [0.1, 0.15) is 5.75 Å². The third-order valence-electron chi connectivity index (χ3n) is 5.97. The third-order valence-corrected chi connectivity index (χ3v) is 5.97. The van der Waals surface area contributed by atoms with Crippen LogP contribution in [0.4, 0.5) is 0 Å². The van der Waals surface area contributed by atoms with Crippen LogP contribution in [0.1, 0.15) is 23.3 Å². The van der Waals surface area contributed by atoms with Crippen LogP contribution in [0.2, 0.25) is 0 Å². The second kappa shape index (κ2) is 9.05. The maximum Gasteiger partial charge on any atom is 0.125 e. The van der Waals surface area contributed by atoms with Gasteiger partial charge >= 0.3 is 0 Å². The van der Waals surface area contributed by atoms with Crippen LogP contribution >= 0.6 is 0 Å². The Bertz CT molecular complexity index is 747. The Morgan fingerprint density at radius 3 is 2.43 bits per heavy atom. The number of benzene rings is 2. The minimum absolute atomic E-state index is 0.109. The van der Waals surface area contributed by atoms with Crippen LogP contribution in [-0.4, -0.2) is 67.9 Å². The Balaban J connectivity index is 1.28. The van der Waals surface area contributed by atoms with Gasteiger partial charge in [0.05, 0.1) is 18.8 Å². The van der Waals surface area contributed by atoms with Gasteiger partial charge in [0.2, 0.25) is 0 Å². The highest BCUT2D eigenvalue weighted by Crippen LogP contribution is 2.35. The quantitative estimate of drug-likeness (QED) is 0.832. The lowest BCUT2D eigenvalue weighted by Crippen LogP contribution is -2.50. The molecule has 0 saturated carbocycles. The highest BCUT2D eigenvalue weighted by atomic mass is 16.5. The first-order valence-corrected chi connectivity index (χ1v) is 10.2. The van der Waals surface area contributed by atoms with Crippen LogP contribution in [0.25, 0.3) is 0 Å². The van der Waals surface area contributed by atoms with Gasteiger partial charge in [-0.05, 0) is 11.6 Å². The summed E-state index contributed by atoms with van der Waals surface area (Å²) in [5, 5.41) is 10.7. The van der Waals surface area contributed by atoms with Crippen LogP contribution in [0.5, 0.6) is 5.75 Å². The zero-order valence-corrected chi connectivity index (χ0v) is 16.5. The summed E-state index contributed by atoms with van der Waals surface area (Å²) in [5.41, 5.74) is 2.15. The lowest BCUT2D eigenvalue weighted by Gasteiger charge is -2.39. The normalized spacial score (nSPS) is 24.4. The van der Waals surface area contributed by atoms with Crippen molar-refractivity contribution in [3.05, 3.63) is 65.7 Å². The summed E-state index contributed by atoms with van der Waals surface area (Å²) in [4.78, 5) is 4.92. The molecule has 1 N–H and O–H groups in total. The van der Waals surface area contributed by atoms with Crippen molar-refractivity contribution in [1.29, 1.82) is 0 Å². The Kier molecular flexibility index (Phi) is 6.27. The molecule has 2 aromatic carbocycles. The summed E-state index contributed by atoms with van der Waals surface area (Å²) in [6, 6.07) is 18.3. The summed E-state index contributed by atoms with van der Waals surface area (Å²) in [5.74, 6) is 0.945. The van der Waals surface area contributed by atoms with Crippen molar-refractivity contribution < 1.29 is 14.6 Å². The molecule has 3 unspecified atom stereocenters. The highest BCUT2D eigenvalue weighted by Gasteiger charge is 2.31. The van der Waals surface area contributed by atoms with E-state index in [2.05, 4.69) is 34.1 Å². The molecule has 0 amide bonds. The van der Waals surface area contributed by atoms with Crippen molar-refractivity contribution in [3.8, 4) is 5.75 Å². The van der Waals surface area contributed by atoms with E-state index in [4.69, 9.17) is 9.47 Å². The number of rotatable bonds is 6. The first-order chi connectivity index (χ1) is 13.7. The van der Waals surface area contributed by atoms with Crippen molar-refractivity contribution >= 4 is 0 Å². The van der Waals surface area contributed by atoms with Gasteiger partial charge in [-0.1, -0.05) is 48.5 Å². The summed E-state index contributed by atoms with van der Waals surface area (Å²) < 4.78 is 11.6. The lowest BCUT2D eigenvalue weighted by atomic mass is 9.92. The fourth-order valence-corrected chi connectivity index (χ4v) is 4.26. The molecule has 28 heavy (non-hydrogen) atoms. The Morgan fingerprint density at radius 1 is 1.00 bits per heavy atom. The number of hydrogen-bond donors (Lipinski definition) is 1. The molecule has 2 heterocycles. The molecule has 5 nitrogen and oxygen atoms in total. The molecule has 0 bridgehead atoms. The summed E-state index contributed by atoms with van der Waals surface area (Å²) in [6.07, 6.45) is -0.336. The second-order valence-corrected chi connectivity index (χ2v) is 7.79. The zero-order valence-electron chi connectivity index (χ0n) is 16.5. The van der Waals surface area contributed by atoms with Crippen molar-refractivity contribution in [2.45, 2.75) is 12.2 Å². The standard InChI is InChI=1S/C23H30N2O3/c1-27-22(18-7-3-2-4-8-18)16-25-13-11-24(12-14-25)15-19-17-28-21-10-6-5-9-20(21)23(19)26/h2-10,19,22-23,26H,11-17H2,1H3. The maximum absolute atomic E-state index is 10.7. The van der Waals surface area contributed by atoms with Crippen molar-refractivity contribution in [1.82, 2.24) is 9.80 Å². The average Bonchev–Trinajstić information content (AvgIpc) is 2.76. The zero-order chi connectivity index (χ0) is 19.3. The molecule has 4 rings (SSSR count). The number of fused-ring (bicyclic) bond motifs is 1. The van der Waals surface area contributed by atoms with Crippen LogP contribution in [0.15, 0.2) is 54.6 Å².